The molecule has 1 atom stereocenters. The zero-order chi connectivity index (χ0) is 19.4. The maximum atomic E-state index is 4.82. The molecule has 28 heavy (non-hydrogen) atoms. The molecular weight excluding hydrogens is 467 g/mol. The van der Waals surface area contributed by atoms with Crippen LogP contribution >= 0.6 is 24.0 Å². The highest BCUT2D eigenvalue weighted by molar-refractivity contribution is 14.0. The fourth-order valence-corrected chi connectivity index (χ4v) is 3.62. The second kappa shape index (κ2) is 10.1. The highest BCUT2D eigenvalue weighted by Crippen LogP contribution is 2.19. The van der Waals surface area contributed by atoms with Crippen LogP contribution in [0.4, 0.5) is 5.69 Å². The molecule has 1 aliphatic heterocycles. The minimum absolute atomic E-state index is 0. The first-order chi connectivity index (χ1) is 13.0. The maximum absolute atomic E-state index is 4.82. The van der Waals surface area contributed by atoms with Gasteiger partial charge in [0, 0.05) is 57.2 Å². The van der Waals surface area contributed by atoms with Gasteiger partial charge in [0.1, 0.15) is 0 Å². The first-order valence-electron chi connectivity index (χ1n) is 9.75. The molecule has 9 heteroatoms. The molecule has 0 aliphatic carbocycles. The Kier molecular flexibility index (Phi) is 8.14. The van der Waals surface area contributed by atoms with Crippen molar-refractivity contribution >= 4 is 35.6 Å². The van der Waals surface area contributed by atoms with Crippen LogP contribution < -0.4 is 15.5 Å². The number of guanidine groups is 1. The van der Waals surface area contributed by atoms with Crippen molar-refractivity contribution in [3.63, 3.8) is 0 Å². The van der Waals surface area contributed by atoms with Crippen LogP contribution in [0.15, 0.2) is 17.4 Å². The lowest BCUT2D eigenvalue weighted by atomic mass is 10.1. The predicted octanol–water partition coefficient (Wildman–Crippen LogP) is 2.11. The van der Waals surface area contributed by atoms with Crippen LogP contribution in [0.5, 0.6) is 0 Å². The third-order valence-corrected chi connectivity index (χ3v) is 5.22. The van der Waals surface area contributed by atoms with Gasteiger partial charge in [0.05, 0.1) is 24.1 Å². The average molecular weight is 500 g/mol. The molecule has 1 fully saturated rings. The van der Waals surface area contributed by atoms with Crippen molar-refractivity contribution in [2.24, 2.45) is 19.1 Å². The van der Waals surface area contributed by atoms with Crippen LogP contribution in [0, 0.1) is 13.8 Å². The summed E-state index contributed by atoms with van der Waals surface area (Å²) in [6.45, 7) is 9.76. The number of anilines is 1. The summed E-state index contributed by atoms with van der Waals surface area (Å²) in [5, 5.41) is 15.8. The third kappa shape index (κ3) is 5.39. The lowest BCUT2D eigenvalue weighted by Crippen LogP contribution is -2.51. The number of rotatable bonds is 5. The summed E-state index contributed by atoms with van der Waals surface area (Å²) in [4.78, 5) is 7.22. The van der Waals surface area contributed by atoms with E-state index in [1.165, 1.54) is 16.9 Å². The molecule has 2 aromatic heterocycles. The van der Waals surface area contributed by atoms with E-state index in [1.54, 1.807) is 0 Å². The Bertz CT molecular complexity index is 794. The number of halogens is 1. The SMILES string of the molecule is CCNC(=NCc1c(C)nn(C)c1C)NC1CCCN(c2cnn(C)c2)C1.I. The highest BCUT2D eigenvalue weighted by atomic mass is 127. The van der Waals surface area contributed by atoms with Crippen molar-refractivity contribution in [3.05, 3.63) is 29.3 Å². The second-order valence-corrected chi connectivity index (χ2v) is 7.27. The molecule has 156 valence electrons. The smallest absolute Gasteiger partial charge is 0.191 e. The number of hydrogen-bond donors (Lipinski definition) is 2. The Hall–Kier alpha value is -1.78. The van der Waals surface area contributed by atoms with Gasteiger partial charge >= 0.3 is 0 Å². The number of hydrogen-bond acceptors (Lipinski definition) is 4. The predicted molar refractivity (Wildman–Crippen MR) is 124 cm³/mol. The molecule has 0 saturated carbocycles. The Morgan fingerprint density at radius 3 is 2.71 bits per heavy atom. The van der Waals surface area contributed by atoms with Crippen molar-refractivity contribution in [3.8, 4) is 0 Å². The van der Waals surface area contributed by atoms with Crippen LogP contribution in [0.25, 0.3) is 0 Å². The van der Waals surface area contributed by atoms with Gasteiger partial charge in [-0.25, -0.2) is 4.99 Å². The molecule has 0 amide bonds. The van der Waals surface area contributed by atoms with Gasteiger partial charge in [0.2, 0.25) is 0 Å². The molecule has 1 aliphatic rings. The summed E-state index contributed by atoms with van der Waals surface area (Å²) < 4.78 is 3.78. The number of aromatic nitrogens is 4. The summed E-state index contributed by atoms with van der Waals surface area (Å²) in [6.07, 6.45) is 6.32. The van der Waals surface area contributed by atoms with E-state index in [1.807, 2.05) is 36.6 Å². The van der Waals surface area contributed by atoms with Crippen LogP contribution in [0.3, 0.4) is 0 Å². The quantitative estimate of drug-likeness (QED) is 0.374. The first-order valence-corrected chi connectivity index (χ1v) is 9.75. The summed E-state index contributed by atoms with van der Waals surface area (Å²) in [5.74, 6) is 0.873. The number of nitrogens with one attached hydrogen (secondary N) is 2. The molecule has 0 aromatic carbocycles. The Morgan fingerprint density at radius 2 is 2.11 bits per heavy atom. The van der Waals surface area contributed by atoms with Crippen LogP contribution in [-0.4, -0.2) is 51.2 Å². The van der Waals surface area contributed by atoms with E-state index >= 15 is 0 Å². The third-order valence-electron chi connectivity index (χ3n) is 5.22. The first kappa shape index (κ1) is 22.5. The number of piperidine rings is 1. The number of nitrogens with zero attached hydrogens (tertiary/aromatic N) is 6. The summed E-state index contributed by atoms with van der Waals surface area (Å²) in [5.41, 5.74) is 4.62. The van der Waals surface area contributed by atoms with Crippen LogP contribution in [-0.2, 0) is 20.6 Å². The lowest BCUT2D eigenvalue weighted by Gasteiger charge is -2.34. The average Bonchev–Trinajstić information content (AvgIpc) is 3.17. The minimum Gasteiger partial charge on any atom is -0.367 e. The molecule has 0 bridgehead atoms. The zero-order valence-corrected chi connectivity index (χ0v) is 19.9. The maximum Gasteiger partial charge on any atom is 0.191 e. The number of aryl methyl sites for hydroxylation is 3. The lowest BCUT2D eigenvalue weighted by molar-refractivity contribution is 0.468. The molecule has 2 aromatic rings. The molecule has 3 rings (SSSR count). The van der Waals surface area contributed by atoms with Gasteiger partial charge in [0.15, 0.2) is 5.96 Å². The number of aliphatic imine (C=N–C) groups is 1. The van der Waals surface area contributed by atoms with Crippen molar-refractivity contribution in [2.75, 3.05) is 24.5 Å². The fraction of sp³-hybridized carbons (Fsp3) is 0.632. The van der Waals surface area contributed by atoms with E-state index in [2.05, 4.69) is 45.8 Å². The summed E-state index contributed by atoms with van der Waals surface area (Å²) >= 11 is 0. The van der Waals surface area contributed by atoms with Gasteiger partial charge in [-0.1, -0.05) is 0 Å². The van der Waals surface area contributed by atoms with E-state index in [9.17, 15) is 0 Å². The van der Waals surface area contributed by atoms with Gasteiger partial charge in [-0.3, -0.25) is 9.36 Å². The molecule has 3 heterocycles. The van der Waals surface area contributed by atoms with E-state index in [0.717, 1.165) is 44.1 Å². The standard InChI is InChI=1S/C19H32N8.HI/c1-6-20-19(21-11-18-14(2)24-26(5)15(18)3)23-16-8-7-9-27(12-16)17-10-22-25(4)13-17;/h10,13,16H,6-9,11-12H2,1-5H3,(H2,20,21,23);1H. The van der Waals surface area contributed by atoms with Gasteiger partial charge < -0.3 is 15.5 Å². The highest BCUT2D eigenvalue weighted by Gasteiger charge is 2.22. The Morgan fingerprint density at radius 1 is 1.32 bits per heavy atom. The van der Waals surface area contributed by atoms with E-state index < -0.39 is 0 Å². The van der Waals surface area contributed by atoms with Crippen molar-refractivity contribution < 1.29 is 0 Å². The molecule has 1 unspecified atom stereocenters. The van der Waals surface area contributed by atoms with E-state index in [4.69, 9.17) is 4.99 Å². The van der Waals surface area contributed by atoms with Crippen molar-refractivity contribution in [1.29, 1.82) is 0 Å². The van der Waals surface area contributed by atoms with E-state index in [-0.39, 0.29) is 24.0 Å². The molecular formula is C19H33IN8. The van der Waals surface area contributed by atoms with Gasteiger partial charge in [-0.2, -0.15) is 10.2 Å². The Labute approximate surface area is 184 Å². The minimum atomic E-state index is 0. The van der Waals surface area contributed by atoms with Crippen molar-refractivity contribution in [1.82, 2.24) is 30.2 Å². The topological polar surface area (TPSA) is 75.3 Å². The molecule has 0 spiro atoms. The zero-order valence-electron chi connectivity index (χ0n) is 17.6. The Balaban J connectivity index is 0.00000280. The molecule has 1 saturated heterocycles. The molecule has 8 nitrogen and oxygen atoms in total. The second-order valence-electron chi connectivity index (χ2n) is 7.27. The van der Waals surface area contributed by atoms with Gasteiger partial charge in [-0.05, 0) is 33.6 Å². The molecule has 0 radical (unpaired) electrons. The fourth-order valence-electron chi connectivity index (χ4n) is 3.62. The largest absolute Gasteiger partial charge is 0.367 e. The van der Waals surface area contributed by atoms with Crippen LogP contribution in [0.1, 0.15) is 36.7 Å². The summed E-state index contributed by atoms with van der Waals surface area (Å²) in [6, 6.07) is 0.368. The van der Waals surface area contributed by atoms with Crippen molar-refractivity contribution in [2.45, 2.75) is 46.2 Å². The van der Waals surface area contributed by atoms with E-state index in [0.29, 0.717) is 12.6 Å². The molecule has 2 N–H and O–H groups in total. The normalized spacial score (nSPS) is 17.4. The van der Waals surface area contributed by atoms with Gasteiger partial charge in [0.25, 0.3) is 0 Å². The van der Waals surface area contributed by atoms with Gasteiger partial charge in [-0.15, -0.1) is 24.0 Å². The summed E-state index contributed by atoms with van der Waals surface area (Å²) in [7, 11) is 3.94. The monoisotopic (exact) mass is 500 g/mol. The van der Waals surface area contributed by atoms with Crippen LogP contribution in [0.2, 0.25) is 0 Å².